The van der Waals surface area contributed by atoms with Gasteiger partial charge in [-0.3, -0.25) is 4.98 Å². The summed E-state index contributed by atoms with van der Waals surface area (Å²) in [5, 5.41) is 5.88. The zero-order valence-electron chi connectivity index (χ0n) is 15.6. The van der Waals surface area contributed by atoms with E-state index in [2.05, 4.69) is 25.3 Å². The molecule has 0 fully saturated rings. The van der Waals surface area contributed by atoms with Crippen molar-refractivity contribution in [3.63, 3.8) is 0 Å². The van der Waals surface area contributed by atoms with Crippen LogP contribution in [0.4, 0.5) is 10.2 Å². The van der Waals surface area contributed by atoms with Crippen molar-refractivity contribution in [2.24, 2.45) is 0 Å². The van der Waals surface area contributed by atoms with E-state index in [0.29, 0.717) is 16.9 Å². The molecule has 0 aliphatic carbocycles. The van der Waals surface area contributed by atoms with Crippen LogP contribution in [0.1, 0.15) is 0 Å². The van der Waals surface area contributed by atoms with Crippen LogP contribution in [0.2, 0.25) is 0 Å². The average molecular weight is 381 g/mol. The van der Waals surface area contributed by atoms with Crippen LogP contribution in [0.5, 0.6) is 0 Å². The van der Waals surface area contributed by atoms with Crippen molar-refractivity contribution in [1.82, 2.24) is 19.9 Å². The molecule has 0 atom stereocenters. The van der Waals surface area contributed by atoms with Gasteiger partial charge in [0.05, 0.1) is 11.4 Å². The average Bonchev–Trinajstić information content (AvgIpc) is 2.78. The van der Waals surface area contributed by atoms with Crippen molar-refractivity contribution in [2.75, 3.05) is 12.4 Å². The standard InChI is InChI=1S/C23H16FN5/c1-25-22-16-9-11-26-21(14(16)8-12-28-22)18-13-20(17-5-2-3-7-19(17)24)29-23-15(18)6-4-10-27-23/h2-13H,1H3,(H,25,28). The summed E-state index contributed by atoms with van der Waals surface area (Å²) >= 11 is 0. The first-order chi connectivity index (χ1) is 14.3. The Morgan fingerprint density at radius 1 is 0.759 bits per heavy atom. The zero-order valence-corrected chi connectivity index (χ0v) is 15.6. The maximum absolute atomic E-state index is 14.5. The molecule has 0 aliphatic rings. The van der Waals surface area contributed by atoms with Gasteiger partial charge in [-0.05, 0) is 42.5 Å². The van der Waals surface area contributed by atoms with Gasteiger partial charge in [-0.2, -0.15) is 0 Å². The van der Waals surface area contributed by atoms with Crippen molar-refractivity contribution >= 4 is 27.6 Å². The number of nitrogens with one attached hydrogen (secondary N) is 1. The van der Waals surface area contributed by atoms with Crippen molar-refractivity contribution in [1.29, 1.82) is 0 Å². The SMILES string of the molecule is CNc1nccc2c(-c3cc(-c4ccccc4F)nc4ncccc34)nccc12. The zero-order chi connectivity index (χ0) is 19.8. The second-order valence-electron chi connectivity index (χ2n) is 6.57. The van der Waals surface area contributed by atoms with Crippen LogP contribution in [0.25, 0.3) is 44.3 Å². The predicted molar refractivity (Wildman–Crippen MR) is 113 cm³/mol. The van der Waals surface area contributed by atoms with E-state index in [1.54, 1.807) is 36.8 Å². The number of hydrogen-bond donors (Lipinski definition) is 1. The van der Waals surface area contributed by atoms with Crippen molar-refractivity contribution in [3.8, 4) is 22.5 Å². The van der Waals surface area contributed by atoms with E-state index >= 15 is 0 Å². The number of hydrogen-bond acceptors (Lipinski definition) is 5. The molecule has 0 amide bonds. The minimum absolute atomic E-state index is 0.325. The lowest BCUT2D eigenvalue weighted by Gasteiger charge is -2.12. The third-order valence-electron chi connectivity index (χ3n) is 4.92. The largest absolute Gasteiger partial charge is 0.373 e. The lowest BCUT2D eigenvalue weighted by Crippen LogP contribution is -1.97. The number of pyridine rings is 4. The van der Waals surface area contributed by atoms with Crippen LogP contribution >= 0.6 is 0 Å². The van der Waals surface area contributed by atoms with Crippen LogP contribution in [0.15, 0.2) is 73.2 Å². The second kappa shape index (κ2) is 6.91. The van der Waals surface area contributed by atoms with Gasteiger partial charge in [0.15, 0.2) is 5.65 Å². The first-order valence-electron chi connectivity index (χ1n) is 9.19. The van der Waals surface area contributed by atoms with E-state index in [-0.39, 0.29) is 5.82 Å². The molecule has 0 saturated heterocycles. The summed E-state index contributed by atoms with van der Waals surface area (Å²) < 4.78 is 14.5. The lowest BCUT2D eigenvalue weighted by molar-refractivity contribution is 0.631. The summed E-state index contributed by atoms with van der Waals surface area (Å²) in [7, 11) is 1.84. The van der Waals surface area contributed by atoms with E-state index in [1.807, 2.05) is 37.4 Å². The van der Waals surface area contributed by atoms with Gasteiger partial charge in [0.1, 0.15) is 11.6 Å². The fourth-order valence-electron chi connectivity index (χ4n) is 3.58. The molecule has 0 unspecified atom stereocenters. The van der Waals surface area contributed by atoms with Crippen LogP contribution in [0.3, 0.4) is 0 Å². The molecule has 0 bridgehead atoms. The van der Waals surface area contributed by atoms with E-state index < -0.39 is 0 Å². The van der Waals surface area contributed by atoms with Gasteiger partial charge in [-0.1, -0.05) is 12.1 Å². The molecule has 0 spiro atoms. The lowest BCUT2D eigenvalue weighted by atomic mass is 9.99. The van der Waals surface area contributed by atoms with Gasteiger partial charge in [0.25, 0.3) is 0 Å². The Morgan fingerprint density at radius 2 is 1.59 bits per heavy atom. The molecule has 0 radical (unpaired) electrons. The quantitative estimate of drug-likeness (QED) is 0.472. The van der Waals surface area contributed by atoms with Gasteiger partial charge >= 0.3 is 0 Å². The highest BCUT2D eigenvalue weighted by Crippen LogP contribution is 2.35. The molecular formula is C23H16FN5. The maximum atomic E-state index is 14.5. The maximum Gasteiger partial charge on any atom is 0.160 e. The first kappa shape index (κ1) is 17.2. The van der Waals surface area contributed by atoms with E-state index in [4.69, 9.17) is 0 Å². The number of aromatic nitrogens is 4. The molecule has 4 aromatic heterocycles. The number of halogens is 1. The van der Waals surface area contributed by atoms with E-state index in [0.717, 1.165) is 33.2 Å². The molecule has 6 heteroatoms. The van der Waals surface area contributed by atoms with Gasteiger partial charge in [-0.15, -0.1) is 0 Å². The van der Waals surface area contributed by atoms with Crippen molar-refractivity contribution < 1.29 is 4.39 Å². The molecule has 29 heavy (non-hydrogen) atoms. The van der Waals surface area contributed by atoms with Crippen LogP contribution in [-0.2, 0) is 0 Å². The number of benzene rings is 1. The molecule has 4 heterocycles. The smallest absolute Gasteiger partial charge is 0.160 e. The Labute approximate surface area is 166 Å². The molecule has 5 nitrogen and oxygen atoms in total. The van der Waals surface area contributed by atoms with Gasteiger partial charge < -0.3 is 5.32 Å². The fourth-order valence-corrected chi connectivity index (χ4v) is 3.58. The molecule has 5 rings (SSSR count). The predicted octanol–water partition coefficient (Wildman–Crippen LogP) is 5.09. The Bertz CT molecular complexity index is 1370. The summed E-state index contributed by atoms with van der Waals surface area (Å²) in [4.78, 5) is 18.1. The number of fused-ring (bicyclic) bond motifs is 2. The molecule has 140 valence electrons. The van der Waals surface area contributed by atoms with E-state index in [1.165, 1.54) is 6.07 Å². The summed E-state index contributed by atoms with van der Waals surface area (Å²) in [5.74, 6) is 0.450. The highest BCUT2D eigenvalue weighted by molar-refractivity contribution is 6.05. The van der Waals surface area contributed by atoms with Crippen LogP contribution < -0.4 is 5.32 Å². The normalized spacial score (nSPS) is 11.1. The highest BCUT2D eigenvalue weighted by Gasteiger charge is 2.16. The minimum Gasteiger partial charge on any atom is -0.373 e. The monoisotopic (exact) mass is 381 g/mol. The Kier molecular flexibility index (Phi) is 4.09. The summed E-state index contributed by atoms with van der Waals surface area (Å²) in [5.41, 5.74) is 3.12. The molecule has 1 N–H and O–H groups in total. The summed E-state index contributed by atoms with van der Waals surface area (Å²) in [6.45, 7) is 0. The number of nitrogens with zero attached hydrogens (tertiary/aromatic N) is 4. The summed E-state index contributed by atoms with van der Waals surface area (Å²) in [6, 6.07) is 16.2. The summed E-state index contributed by atoms with van der Waals surface area (Å²) in [6.07, 6.45) is 5.19. The van der Waals surface area contributed by atoms with Gasteiger partial charge in [0, 0.05) is 52.9 Å². The number of anilines is 1. The fraction of sp³-hybridized carbons (Fsp3) is 0.0435. The molecule has 1 aromatic carbocycles. The third-order valence-corrected chi connectivity index (χ3v) is 4.92. The number of rotatable bonds is 3. The molecule has 0 saturated carbocycles. The molecule has 5 aromatic rings. The van der Waals surface area contributed by atoms with Crippen LogP contribution in [-0.4, -0.2) is 27.0 Å². The van der Waals surface area contributed by atoms with Gasteiger partial charge in [-0.25, -0.2) is 19.3 Å². The minimum atomic E-state index is -0.325. The third kappa shape index (κ3) is 2.86. The Morgan fingerprint density at radius 3 is 2.45 bits per heavy atom. The Hall–Kier alpha value is -3.93. The van der Waals surface area contributed by atoms with Crippen molar-refractivity contribution in [2.45, 2.75) is 0 Å². The topological polar surface area (TPSA) is 63.6 Å². The van der Waals surface area contributed by atoms with E-state index in [9.17, 15) is 4.39 Å². The molecular weight excluding hydrogens is 365 g/mol. The second-order valence-corrected chi connectivity index (χ2v) is 6.57. The Balaban J connectivity index is 1.86. The van der Waals surface area contributed by atoms with Crippen molar-refractivity contribution in [3.05, 3.63) is 79.0 Å². The van der Waals surface area contributed by atoms with Crippen LogP contribution in [0, 0.1) is 5.82 Å². The highest BCUT2D eigenvalue weighted by atomic mass is 19.1. The first-order valence-corrected chi connectivity index (χ1v) is 9.19. The van der Waals surface area contributed by atoms with Gasteiger partial charge in [0.2, 0.25) is 0 Å². The molecule has 0 aliphatic heterocycles.